The fourth-order valence-corrected chi connectivity index (χ4v) is 2.26. The van der Waals surface area contributed by atoms with Crippen molar-refractivity contribution in [2.24, 2.45) is 5.41 Å². The van der Waals surface area contributed by atoms with E-state index in [-0.39, 0.29) is 11.5 Å². The fraction of sp³-hybridized carbons (Fsp3) is 0.750. The van der Waals surface area contributed by atoms with Gasteiger partial charge in [-0.25, -0.2) is 0 Å². The molecule has 0 spiro atoms. The summed E-state index contributed by atoms with van der Waals surface area (Å²) in [6.07, 6.45) is 2.82. The maximum absolute atomic E-state index is 6.24. The van der Waals surface area contributed by atoms with Crippen LogP contribution in [-0.2, 0) is 6.54 Å². The number of halogens is 1. The van der Waals surface area contributed by atoms with E-state index in [1.807, 2.05) is 11.7 Å². The summed E-state index contributed by atoms with van der Waals surface area (Å²) in [5, 5.41) is 8.41. The summed E-state index contributed by atoms with van der Waals surface area (Å²) in [5.74, 6) is 0. The van der Waals surface area contributed by atoms with Crippen molar-refractivity contribution in [1.82, 2.24) is 15.1 Å². The summed E-state index contributed by atoms with van der Waals surface area (Å²) in [7, 11) is 1.98. The van der Waals surface area contributed by atoms with E-state index in [0.717, 1.165) is 23.7 Å². The number of nitrogens with zero attached hydrogens (tertiary/aromatic N) is 2. The van der Waals surface area contributed by atoms with E-state index in [9.17, 15) is 0 Å². The van der Waals surface area contributed by atoms with Gasteiger partial charge in [-0.3, -0.25) is 4.68 Å². The number of aromatic nitrogens is 2. The molecule has 1 heterocycles. The first-order valence-corrected chi connectivity index (χ1v) is 6.24. The summed E-state index contributed by atoms with van der Waals surface area (Å²) in [5.41, 5.74) is 1.25. The zero-order valence-corrected chi connectivity index (χ0v) is 11.6. The van der Waals surface area contributed by atoms with Crippen molar-refractivity contribution in [1.29, 1.82) is 0 Å². The molecule has 0 saturated heterocycles. The Labute approximate surface area is 103 Å². The van der Waals surface area contributed by atoms with Crippen molar-refractivity contribution >= 4 is 11.6 Å². The van der Waals surface area contributed by atoms with Gasteiger partial charge in [-0.1, -0.05) is 32.4 Å². The van der Waals surface area contributed by atoms with Crippen molar-refractivity contribution in [3.63, 3.8) is 0 Å². The van der Waals surface area contributed by atoms with Crippen LogP contribution in [0, 0.1) is 5.41 Å². The highest BCUT2D eigenvalue weighted by Crippen LogP contribution is 2.38. The van der Waals surface area contributed by atoms with E-state index >= 15 is 0 Å². The molecule has 1 N–H and O–H groups in total. The Morgan fingerprint density at radius 3 is 2.56 bits per heavy atom. The van der Waals surface area contributed by atoms with E-state index in [4.69, 9.17) is 11.6 Å². The number of rotatable bonds is 5. The standard InChI is InChI=1S/C12H22ClN3/c1-6-12(3,4)11(14-5)10-9(13)8-15-16(10)7-2/h8,11,14H,6-7H2,1-5H3. The third kappa shape index (κ3) is 2.41. The van der Waals surface area contributed by atoms with Gasteiger partial charge in [0, 0.05) is 6.54 Å². The lowest BCUT2D eigenvalue weighted by Gasteiger charge is -2.33. The van der Waals surface area contributed by atoms with E-state index in [2.05, 4.69) is 38.1 Å². The van der Waals surface area contributed by atoms with Crippen LogP contribution in [0.2, 0.25) is 5.02 Å². The molecule has 1 rings (SSSR count). The highest BCUT2D eigenvalue weighted by atomic mass is 35.5. The normalized spacial score (nSPS) is 14.1. The van der Waals surface area contributed by atoms with Crippen LogP contribution >= 0.6 is 11.6 Å². The molecule has 0 aliphatic rings. The Kier molecular flexibility index (Phi) is 4.39. The minimum absolute atomic E-state index is 0.158. The maximum Gasteiger partial charge on any atom is 0.0834 e. The summed E-state index contributed by atoms with van der Waals surface area (Å²) >= 11 is 6.24. The molecule has 0 aliphatic heterocycles. The summed E-state index contributed by atoms with van der Waals surface area (Å²) in [6, 6.07) is 0.229. The van der Waals surface area contributed by atoms with Crippen molar-refractivity contribution < 1.29 is 0 Å². The quantitative estimate of drug-likeness (QED) is 0.861. The van der Waals surface area contributed by atoms with Gasteiger partial charge < -0.3 is 5.32 Å². The van der Waals surface area contributed by atoms with Crippen LogP contribution in [0.15, 0.2) is 6.20 Å². The Balaban J connectivity index is 3.17. The van der Waals surface area contributed by atoms with Gasteiger partial charge in [-0.2, -0.15) is 5.10 Å². The van der Waals surface area contributed by atoms with E-state index in [1.165, 1.54) is 0 Å². The first kappa shape index (κ1) is 13.5. The fourth-order valence-electron chi connectivity index (χ4n) is 2.01. The molecule has 0 bridgehead atoms. The molecule has 1 atom stereocenters. The second kappa shape index (κ2) is 5.19. The SMILES string of the molecule is CCn1ncc(Cl)c1C(NC)C(C)(C)CC. The largest absolute Gasteiger partial charge is 0.311 e. The van der Waals surface area contributed by atoms with Gasteiger partial charge >= 0.3 is 0 Å². The average Bonchev–Trinajstić information content (AvgIpc) is 2.61. The van der Waals surface area contributed by atoms with Crippen LogP contribution < -0.4 is 5.32 Å². The molecule has 16 heavy (non-hydrogen) atoms. The average molecular weight is 244 g/mol. The molecular formula is C12H22ClN3. The molecule has 1 unspecified atom stereocenters. The zero-order valence-electron chi connectivity index (χ0n) is 10.8. The van der Waals surface area contributed by atoms with Crippen molar-refractivity contribution in [3.05, 3.63) is 16.9 Å². The molecule has 4 heteroatoms. The van der Waals surface area contributed by atoms with Gasteiger partial charge in [0.05, 0.1) is 23.0 Å². The van der Waals surface area contributed by atoms with E-state index in [1.54, 1.807) is 6.20 Å². The highest BCUT2D eigenvalue weighted by Gasteiger charge is 2.32. The molecule has 3 nitrogen and oxygen atoms in total. The maximum atomic E-state index is 6.24. The van der Waals surface area contributed by atoms with Crippen LogP contribution in [0.1, 0.15) is 45.9 Å². The molecular weight excluding hydrogens is 222 g/mol. The van der Waals surface area contributed by atoms with Crippen LogP contribution in [0.5, 0.6) is 0 Å². The van der Waals surface area contributed by atoms with Gasteiger partial charge in [0.25, 0.3) is 0 Å². The third-order valence-corrected chi connectivity index (χ3v) is 3.68. The van der Waals surface area contributed by atoms with Gasteiger partial charge in [-0.15, -0.1) is 0 Å². The van der Waals surface area contributed by atoms with Gasteiger partial charge in [-0.05, 0) is 25.8 Å². The van der Waals surface area contributed by atoms with Crippen molar-refractivity contribution in [2.45, 2.75) is 46.7 Å². The molecule has 0 radical (unpaired) electrons. The number of nitrogens with one attached hydrogen (secondary N) is 1. The Morgan fingerprint density at radius 2 is 2.12 bits per heavy atom. The van der Waals surface area contributed by atoms with Gasteiger partial charge in [0.15, 0.2) is 0 Å². The number of aryl methyl sites for hydroxylation is 1. The lowest BCUT2D eigenvalue weighted by atomic mass is 9.80. The minimum Gasteiger partial charge on any atom is -0.311 e. The molecule has 92 valence electrons. The smallest absolute Gasteiger partial charge is 0.0834 e. The molecule has 1 aromatic rings. The summed E-state index contributed by atoms with van der Waals surface area (Å²) in [4.78, 5) is 0. The lowest BCUT2D eigenvalue weighted by molar-refractivity contribution is 0.234. The van der Waals surface area contributed by atoms with Crippen LogP contribution in [0.25, 0.3) is 0 Å². The molecule has 0 aliphatic carbocycles. The molecule has 0 aromatic carbocycles. The second-order valence-corrected chi connectivity index (χ2v) is 5.16. The lowest BCUT2D eigenvalue weighted by Crippen LogP contribution is -2.33. The second-order valence-electron chi connectivity index (χ2n) is 4.76. The van der Waals surface area contributed by atoms with Crippen molar-refractivity contribution in [3.8, 4) is 0 Å². The van der Waals surface area contributed by atoms with E-state index < -0.39 is 0 Å². The predicted octanol–water partition coefficient (Wildman–Crippen LogP) is 3.25. The predicted molar refractivity (Wildman–Crippen MR) is 68.8 cm³/mol. The molecule has 0 fully saturated rings. The van der Waals surface area contributed by atoms with Crippen LogP contribution in [-0.4, -0.2) is 16.8 Å². The molecule has 0 saturated carbocycles. The van der Waals surface area contributed by atoms with Crippen LogP contribution in [0.4, 0.5) is 0 Å². The number of hydrogen-bond donors (Lipinski definition) is 1. The zero-order chi connectivity index (χ0) is 12.3. The van der Waals surface area contributed by atoms with E-state index in [0.29, 0.717) is 0 Å². The first-order chi connectivity index (χ1) is 7.47. The third-order valence-electron chi connectivity index (χ3n) is 3.39. The topological polar surface area (TPSA) is 29.9 Å². The first-order valence-electron chi connectivity index (χ1n) is 5.86. The summed E-state index contributed by atoms with van der Waals surface area (Å²) < 4.78 is 1.97. The Hall–Kier alpha value is -0.540. The Morgan fingerprint density at radius 1 is 1.50 bits per heavy atom. The number of hydrogen-bond acceptors (Lipinski definition) is 2. The Bertz CT molecular complexity index is 344. The van der Waals surface area contributed by atoms with Crippen LogP contribution in [0.3, 0.4) is 0 Å². The highest BCUT2D eigenvalue weighted by molar-refractivity contribution is 6.31. The monoisotopic (exact) mass is 243 g/mol. The molecule has 1 aromatic heterocycles. The van der Waals surface area contributed by atoms with Gasteiger partial charge in [0.2, 0.25) is 0 Å². The van der Waals surface area contributed by atoms with Gasteiger partial charge in [0.1, 0.15) is 0 Å². The van der Waals surface area contributed by atoms with Crippen molar-refractivity contribution in [2.75, 3.05) is 7.05 Å². The summed E-state index contributed by atoms with van der Waals surface area (Å²) in [6.45, 7) is 9.62. The molecule has 0 amide bonds. The minimum atomic E-state index is 0.158.